The van der Waals surface area contributed by atoms with Gasteiger partial charge in [-0.15, -0.1) is 0 Å². The predicted molar refractivity (Wildman–Crippen MR) is 52.5 cm³/mol. The molecule has 11 heavy (non-hydrogen) atoms. The molecule has 0 aliphatic heterocycles. The van der Waals surface area contributed by atoms with E-state index in [1.165, 1.54) is 15.8 Å². The van der Waals surface area contributed by atoms with Gasteiger partial charge in [0, 0.05) is 0 Å². The van der Waals surface area contributed by atoms with Gasteiger partial charge in [-0.1, -0.05) is 0 Å². The zero-order valence-electron chi connectivity index (χ0n) is 8.06. The van der Waals surface area contributed by atoms with Crippen molar-refractivity contribution in [3.8, 4) is 0 Å². The summed E-state index contributed by atoms with van der Waals surface area (Å²) in [6, 6.07) is 0. The van der Waals surface area contributed by atoms with E-state index in [0.29, 0.717) is 0 Å². The monoisotopic (exact) mass is 260 g/mol. The van der Waals surface area contributed by atoms with Crippen LogP contribution in [0.2, 0.25) is 18.8 Å². The predicted octanol–water partition coefficient (Wildman–Crippen LogP) is 3.51. The fourth-order valence-corrected chi connectivity index (χ4v) is 11.2. The zero-order valence-corrected chi connectivity index (χ0v) is 10.9. The topological polar surface area (TPSA) is 0 Å². The Balaban J connectivity index is 2.08. The van der Waals surface area contributed by atoms with Crippen LogP contribution in [0.4, 0.5) is 0 Å². The van der Waals surface area contributed by atoms with Crippen molar-refractivity contribution in [2.75, 3.05) is 0 Å². The molecule has 0 saturated heterocycles. The Morgan fingerprint density at radius 2 is 1.73 bits per heavy atom. The average Bonchev–Trinajstić information content (AvgIpc) is 2.42. The van der Waals surface area contributed by atoms with Gasteiger partial charge in [0.1, 0.15) is 0 Å². The molecule has 2 bridgehead atoms. The van der Waals surface area contributed by atoms with E-state index < -0.39 is 18.4 Å². The van der Waals surface area contributed by atoms with Crippen LogP contribution in [0.15, 0.2) is 0 Å². The molecule has 0 aromatic rings. The quantitative estimate of drug-likeness (QED) is 0.632. The van der Waals surface area contributed by atoms with Crippen molar-refractivity contribution in [1.29, 1.82) is 0 Å². The Hall–Kier alpha value is 0.799. The van der Waals surface area contributed by atoms with Gasteiger partial charge in [0.05, 0.1) is 0 Å². The van der Waals surface area contributed by atoms with Gasteiger partial charge in [-0.25, -0.2) is 0 Å². The van der Waals surface area contributed by atoms with Crippen molar-refractivity contribution in [1.82, 2.24) is 0 Å². The van der Waals surface area contributed by atoms with E-state index in [0.717, 1.165) is 0 Å². The van der Waals surface area contributed by atoms with Gasteiger partial charge in [-0.2, -0.15) is 0 Å². The fourth-order valence-electron chi connectivity index (χ4n) is 3.31. The van der Waals surface area contributed by atoms with Gasteiger partial charge in [0.15, 0.2) is 0 Å². The summed E-state index contributed by atoms with van der Waals surface area (Å²) in [6.45, 7) is 0. The van der Waals surface area contributed by atoms with E-state index in [4.69, 9.17) is 0 Å². The second-order valence-electron chi connectivity index (χ2n) is 5.65. The first-order chi connectivity index (χ1) is 5.07. The number of rotatable bonds is 1. The third-order valence-electron chi connectivity index (χ3n) is 3.85. The summed E-state index contributed by atoms with van der Waals surface area (Å²) in [5.41, 5.74) is 0. The van der Waals surface area contributed by atoms with Crippen molar-refractivity contribution in [2.24, 2.45) is 11.8 Å². The van der Waals surface area contributed by atoms with Gasteiger partial charge in [0.25, 0.3) is 0 Å². The molecule has 0 aromatic heterocycles. The van der Waals surface area contributed by atoms with Gasteiger partial charge in [-0.3, -0.25) is 0 Å². The number of fused-ring (bicyclic) bond motifs is 2. The Labute approximate surface area is 74.6 Å². The maximum atomic E-state index is 2.63. The fraction of sp³-hybridized carbons (Fsp3) is 1.00. The summed E-state index contributed by atoms with van der Waals surface area (Å²) < 4.78 is 1.25. The summed E-state index contributed by atoms with van der Waals surface area (Å²) in [4.78, 5) is 7.88. The molecule has 2 aliphatic rings. The van der Waals surface area contributed by atoms with E-state index in [1.54, 1.807) is 25.7 Å². The minimum absolute atomic E-state index is 1.17. The van der Waals surface area contributed by atoms with E-state index in [9.17, 15) is 0 Å². The Morgan fingerprint density at radius 3 is 2.00 bits per heavy atom. The van der Waals surface area contributed by atoms with E-state index in [1.807, 2.05) is 0 Å². The van der Waals surface area contributed by atoms with Crippen molar-refractivity contribution in [3.63, 3.8) is 0 Å². The van der Waals surface area contributed by atoms with Crippen LogP contribution >= 0.6 is 0 Å². The van der Waals surface area contributed by atoms with Crippen LogP contribution in [0, 0.1) is 11.8 Å². The SMILES string of the molecule is [CH3][Sn]([CH3])([CH3])[C@@H]1C[C@H]2CC[C@@H]1C2. The molecule has 64 valence electrons. The number of hydrogen-bond donors (Lipinski definition) is 0. The van der Waals surface area contributed by atoms with E-state index in [2.05, 4.69) is 14.8 Å². The van der Waals surface area contributed by atoms with Crippen molar-refractivity contribution >= 4 is 18.4 Å². The van der Waals surface area contributed by atoms with Crippen molar-refractivity contribution in [2.45, 2.75) is 44.4 Å². The first-order valence-corrected chi connectivity index (χ1v) is 15.3. The molecule has 0 aromatic carbocycles. The van der Waals surface area contributed by atoms with Crippen LogP contribution in [0.5, 0.6) is 0 Å². The Bertz CT molecular complexity index is 157. The molecular weight excluding hydrogens is 239 g/mol. The van der Waals surface area contributed by atoms with E-state index >= 15 is 0 Å². The van der Waals surface area contributed by atoms with Gasteiger partial charge in [-0.05, 0) is 0 Å². The molecule has 0 unspecified atom stereocenters. The van der Waals surface area contributed by atoms with Crippen LogP contribution in [0.25, 0.3) is 0 Å². The third-order valence-corrected chi connectivity index (χ3v) is 12.2. The van der Waals surface area contributed by atoms with Crippen LogP contribution in [0.3, 0.4) is 0 Å². The first kappa shape index (κ1) is 8.40. The minimum atomic E-state index is -1.47. The van der Waals surface area contributed by atoms with Gasteiger partial charge in [0.2, 0.25) is 0 Å². The molecule has 0 amide bonds. The molecule has 0 N–H and O–H groups in total. The second kappa shape index (κ2) is 2.65. The molecule has 1 heteroatoms. The molecule has 2 saturated carbocycles. The molecule has 2 fully saturated rings. The van der Waals surface area contributed by atoms with Crippen molar-refractivity contribution < 1.29 is 0 Å². The Kier molecular flexibility index (Phi) is 2.02. The summed E-state index contributed by atoms with van der Waals surface area (Å²) in [5, 5.41) is 0. The molecule has 0 heterocycles. The second-order valence-corrected chi connectivity index (χ2v) is 21.3. The average molecular weight is 259 g/mol. The summed E-state index contributed by atoms with van der Waals surface area (Å²) in [7, 11) is 0. The third kappa shape index (κ3) is 1.48. The van der Waals surface area contributed by atoms with Crippen LogP contribution < -0.4 is 0 Å². The summed E-state index contributed by atoms with van der Waals surface area (Å²) >= 11 is -1.47. The van der Waals surface area contributed by atoms with Crippen LogP contribution in [0.1, 0.15) is 25.7 Å². The number of hydrogen-bond acceptors (Lipinski definition) is 0. The van der Waals surface area contributed by atoms with Crippen molar-refractivity contribution in [3.05, 3.63) is 0 Å². The van der Waals surface area contributed by atoms with Gasteiger partial charge >= 0.3 is 74.6 Å². The van der Waals surface area contributed by atoms with E-state index in [-0.39, 0.29) is 0 Å². The standard InChI is InChI=1S/C7H11.3CH3.Sn/c1-2-7-4-3-6(1)5-7;;;;/h1,6-7H,2-5H2;3*1H3;/t6-,7+;;;;/m1..../s1. The van der Waals surface area contributed by atoms with Crippen LogP contribution in [-0.2, 0) is 0 Å². The Morgan fingerprint density at radius 1 is 1.00 bits per heavy atom. The van der Waals surface area contributed by atoms with Crippen LogP contribution in [-0.4, -0.2) is 18.4 Å². The molecule has 0 radical (unpaired) electrons. The molecule has 3 atom stereocenters. The normalized spacial score (nSPS) is 43.4. The molecule has 2 aliphatic carbocycles. The molecule has 2 rings (SSSR count). The molecule has 0 spiro atoms. The molecule has 0 nitrogen and oxygen atoms in total. The zero-order chi connectivity index (χ0) is 8.06. The summed E-state index contributed by atoms with van der Waals surface area (Å²) in [6.07, 6.45) is 6.40. The maximum absolute atomic E-state index is 2.63. The van der Waals surface area contributed by atoms with Gasteiger partial charge < -0.3 is 0 Å². The molecular formula is C10H20Sn. The first-order valence-electron chi connectivity index (χ1n) is 5.07. The summed E-state index contributed by atoms with van der Waals surface area (Å²) in [5.74, 6) is 2.36.